The summed E-state index contributed by atoms with van der Waals surface area (Å²) in [5, 5.41) is 21.5. The van der Waals surface area contributed by atoms with Gasteiger partial charge in [0.15, 0.2) is 11.8 Å². The number of aromatic nitrogens is 1. The number of rotatable bonds is 5. The predicted octanol–water partition coefficient (Wildman–Crippen LogP) is 4.87. The average molecular weight is 485 g/mol. The average Bonchev–Trinajstić information content (AvgIpc) is 2.84. The van der Waals surface area contributed by atoms with Gasteiger partial charge in [-0.2, -0.15) is 5.26 Å². The number of pyridine rings is 1. The minimum atomic E-state index is 0.0867. The second-order valence-corrected chi connectivity index (χ2v) is 10.4. The van der Waals surface area contributed by atoms with E-state index in [1.165, 1.54) is 0 Å². The molecule has 1 saturated heterocycles. The molecule has 1 aliphatic rings. The summed E-state index contributed by atoms with van der Waals surface area (Å²) in [4.78, 5) is 11.1. The Balaban J connectivity index is 1.67. The van der Waals surface area contributed by atoms with Crippen LogP contribution in [0.2, 0.25) is 0 Å². The van der Waals surface area contributed by atoms with Gasteiger partial charge in [-0.05, 0) is 70.4 Å². The second-order valence-electron chi connectivity index (χ2n) is 10.4. The number of nitriles is 1. The Morgan fingerprint density at radius 1 is 1.17 bits per heavy atom. The zero-order chi connectivity index (χ0) is 25.9. The second kappa shape index (κ2) is 10.4. The molecular weight excluding hydrogens is 448 g/mol. The summed E-state index contributed by atoms with van der Waals surface area (Å²) < 4.78 is 0. The number of nitrogens with zero attached hydrogens (tertiary/aromatic N) is 4. The zero-order valence-corrected chi connectivity index (χ0v) is 21.8. The topological polar surface area (TPSA) is 114 Å². The monoisotopic (exact) mass is 484 g/mol. The van der Waals surface area contributed by atoms with Crippen LogP contribution < -0.4 is 26.6 Å². The largest absolute Gasteiger partial charge is 0.370 e. The van der Waals surface area contributed by atoms with Crippen LogP contribution in [0.1, 0.15) is 44.7 Å². The lowest BCUT2D eigenvalue weighted by atomic mass is 9.98. The summed E-state index contributed by atoms with van der Waals surface area (Å²) in [5.41, 5.74) is 11.0. The van der Waals surface area contributed by atoms with Crippen molar-refractivity contribution in [2.75, 3.05) is 35.7 Å². The van der Waals surface area contributed by atoms with Gasteiger partial charge < -0.3 is 26.6 Å². The molecule has 188 valence electrons. The summed E-state index contributed by atoms with van der Waals surface area (Å²) in [6.07, 6.45) is 2.05. The fraction of sp³-hybridized carbons (Fsp3) is 0.393. The van der Waals surface area contributed by atoms with E-state index in [9.17, 15) is 5.26 Å². The smallest absolute Gasteiger partial charge is 0.192 e. The fourth-order valence-corrected chi connectivity index (χ4v) is 4.79. The van der Waals surface area contributed by atoms with Gasteiger partial charge in [-0.25, -0.2) is 4.98 Å². The van der Waals surface area contributed by atoms with Crippen LogP contribution in [0.5, 0.6) is 0 Å². The summed E-state index contributed by atoms with van der Waals surface area (Å²) in [6.45, 7) is 10.4. The lowest BCUT2D eigenvalue weighted by molar-refractivity contribution is 0.317. The van der Waals surface area contributed by atoms with Crippen LogP contribution in [-0.2, 0) is 0 Å². The Bertz CT molecular complexity index is 1310. The molecule has 0 unspecified atom stereocenters. The van der Waals surface area contributed by atoms with Gasteiger partial charge >= 0.3 is 0 Å². The van der Waals surface area contributed by atoms with Crippen molar-refractivity contribution < 1.29 is 0 Å². The zero-order valence-electron chi connectivity index (χ0n) is 21.8. The van der Waals surface area contributed by atoms with Gasteiger partial charge in [0.25, 0.3) is 0 Å². The minimum absolute atomic E-state index is 0.0867. The van der Waals surface area contributed by atoms with Gasteiger partial charge in [-0.3, -0.25) is 4.99 Å². The molecule has 1 aliphatic heterocycles. The predicted molar refractivity (Wildman–Crippen MR) is 150 cm³/mol. The van der Waals surface area contributed by atoms with E-state index in [2.05, 4.69) is 58.7 Å². The highest BCUT2D eigenvalue weighted by atomic mass is 15.2. The van der Waals surface area contributed by atoms with Gasteiger partial charge in [0.2, 0.25) is 0 Å². The maximum absolute atomic E-state index is 10.3. The molecule has 0 bridgehead atoms. The number of piperidine rings is 1. The molecule has 5 N–H and O–H groups in total. The standard InChI is InChI=1S/C28H36N8/c1-18-16-20(10-11-23(18)34-27(30)31-5)32-26-22(17-29)25(21-8-6-7-9-24(21)33-26)36-14-12-19(13-15-36)35-28(2,3)4/h6-11,16,19,35H,12-15H2,1-5H3,(H,32,33)(H3,30,31,34). The lowest BCUT2D eigenvalue weighted by Gasteiger charge is -2.38. The number of benzene rings is 2. The van der Waals surface area contributed by atoms with Crippen LogP contribution in [-0.4, -0.2) is 42.7 Å². The van der Waals surface area contributed by atoms with Crippen molar-refractivity contribution in [2.24, 2.45) is 10.7 Å². The van der Waals surface area contributed by atoms with Crippen molar-refractivity contribution in [1.29, 1.82) is 5.26 Å². The molecule has 0 radical (unpaired) electrons. The van der Waals surface area contributed by atoms with Crippen molar-refractivity contribution >= 4 is 39.7 Å². The molecule has 0 atom stereocenters. The molecule has 8 nitrogen and oxygen atoms in total. The highest BCUT2D eigenvalue weighted by Gasteiger charge is 2.27. The molecule has 2 aromatic carbocycles. The Labute approximate surface area is 213 Å². The minimum Gasteiger partial charge on any atom is -0.370 e. The van der Waals surface area contributed by atoms with Gasteiger partial charge in [0.05, 0.1) is 11.2 Å². The first-order chi connectivity index (χ1) is 17.2. The Hall–Kier alpha value is -3.83. The summed E-state index contributed by atoms with van der Waals surface area (Å²) >= 11 is 0. The van der Waals surface area contributed by atoms with Gasteiger partial charge in [-0.1, -0.05) is 18.2 Å². The van der Waals surface area contributed by atoms with Crippen molar-refractivity contribution in [1.82, 2.24) is 10.3 Å². The van der Waals surface area contributed by atoms with E-state index in [0.29, 0.717) is 23.4 Å². The number of anilines is 4. The third-order valence-corrected chi connectivity index (χ3v) is 6.42. The molecule has 0 amide bonds. The number of fused-ring (bicyclic) bond motifs is 1. The maximum Gasteiger partial charge on any atom is 0.192 e. The number of hydrogen-bond acceptors (Lipinski definition) is 6. The maximum atomic E-state index is 10.3. The highest BCUT2D eigenvalue weighted by Crippen LogP contribution is 2.37. The molecule has 0 saturated carbocycles. The summed E-state index contributed by atoms with van der Waals surface area (Å²) in [7, 11) is 1.64. The Morgan fingerprint density at radius 2 is 1.89 bits per heavy atom. The molecule has 36 heavy (non-hydrogen) atoms. The number of nitrogens with two attached hydrogens (primary N) is 1. The van der Waals surface area contributed by atoms with E-state index in [-0.39, 0.29) is 5.54 Å². The lowest BCUT2D eigenvalue weighted by Crippen LogP contribution is -2.49. The van der Waals surface area contributed by atoms with E-state index in [0.717, 1.165) is 59.5 Å². The molecule has 3 aromatic rings. The van der Waals surface area contributed by atoms with E-state index in [4.69, 9.17) is 10.7 Å². The molecule has 2 heterocycles. The molecule has 1 fully saturated rings. The molecule has 8 heteroatoms. The van der Waals surface area contributed by atoms with Crippen LogP contribution >= 0.6 is 0 Å². The van der Waals surface area contributed by atoms with Gasteiger partial charge in [0, 0.05) is 48.5 Å². The first-order valence-electron chi connectivity index (χ1n) is 12.4. The number of aliphatic imine (C=N–C) groups is 1. The van der Waals surface area contributed by atoms with Gasteiger partial charge in [0.1, 0.15) is 11.6 Å². The highest BCUT2D eigenvalue weighted by molar-refractivity contribution is 5.98. The summed E-state index contributed by atoms with van der Waals surface area (Å²) in [6, 6.07) is 16.9. The van der Waals surface area contributed by atoms with E-state index >= 15 is 0 Å². The number of aryl methyl sites for hydroxylation is 1. The first-order valence-corrected chi connectivity index (χ1v) is 12.4. The van der Waals surface area contributed by atoms with Crippen LogP contribution in [0.15, 0.2) is 47.5 Å². The molecule has 0 spiro atoms. The number of hydrogen-bond donors (Lipinski definition) is 4. The van der Waals surface area contributed by atoms with Crippen molar-refractivity contribution in [3.05, 3.63) is 53.6 Å². The van der Waals surface area contributed by atoms with Crippen LogP contribution in [0.4, 0.5) is 22.9 Å². The fourth-order valence-electron chi connectivity index (χ4n) is 4.79. The normalized spacial score (nSPS) is 15.1. The van der Waals surface area contributed by atoms with Crippen molar-refractivity contribution in [2.45, 2.75) is 52.1 Å². The van der Waals surface area contributed by atoms with E-state index in [1.807, 2.05) is 43.3 Å². The summed E-state index contributed by atoms with van der Waals surface area (Å²) in [5.74, 6) is 0.920. The molecule has 4 rings (SSSR count). The van der Waals surface area contributed by atoms with Crippen molar-refractivity contribution in [3.8, 4) is 6.07 Å². The third-order valence-electron chi connectivity index (χ3n) is 6.42. The van der Waals surface area contributed by atoms with Crippen LogP contribution in [0, 0.1) is 18.3 Å². The van der Waals surface area contributed by atoms with Crippen molar-refractivity contribution in [3.63, 3.8) is 0 Å². The molecule has 1 aromatic heterocycles. The molecular formula is C28H36N8. The SMILES string of the molecule is CN=C(N)Nc1ccc(Nc2nc3ccccc3c(N3CCC(NC(C)(C)C)CC3)c2C#N)cc1C. The third kappa shape index (κ3) is 5.69. The first kappa shape index (κ1) is 25.3. The van der Waals surface area contributed by atoms with Crippen LogP contribution in [0.25, 0.3) is 10.9 Å². The van der Waals surface area contributed by atoms with Crippen LogP contribution in [0.3, 0.4) is 0 Å². The van der Waals surface area contributed by atoms with E-state index in [1.54, 1.807) is 7.05 Å². The number of nitrogens with one attached hydrogen (secondary N) is 3. The molecule has 0 aliphatic carbocycles. The quantitative estimate of drug-likeness (QED) is 0.302. The Morgan fingerprint density at radius 3 is 2.53 bits per heavy atom. The number of guanidine groups is 1. The van der Waals surface area contributed by atoms with E-state index < -0.39 is 0 Å². The number of para-hydroxylation sites is 1. The Kier molecular flexibility index (Phi) is 7.32. The van der Waals surface area contributed by atoms with Gasteiger partial charge in [-0.15, -0.1) is 0 Å².